The maximum atomic E-state index is 12.8. The molecule has 12 nitrogen and oxygen atoms in total. The first-order valence-corrected chi connectivity index (χ1v) is 13.3. The molecule has 0 radical (unpaired) electrons. The Bertz CT molecular complexity index is 1070. The second-order valence-corrected chi connectivity index (χ2v) is 9.17. The lowest BCUT2D eigenvalue weighted by atomic mass is 10.1. The predicted molar refractivity (Wildman–Crippen MR) is 135 cm³/mol. The number of nitrogens with zero attached hydrogens (tertiary/aromatic N) is 4. The van der Waals surface area contributed by atoms with Crippen LogP contribution in [0.4, 0.5) is 0 Å². The highest BCUT2D eigenvalue weighted by atomic mass is 16.7. The van der Waals surface area contributed by atoms with E-state index in [9.17, 15) is 14.4 Å². The summed E-state index contributed by atoms with van der Waals surface area (Å²) < 4.78 is 30.3. The van der Waals surface area contributed by atoms with Crippen LogP contribution in [0.3, 0.4) is 0 Å². The van der Waals surface area contributed by atoms with E-state index < -0.39 is 36.5 Å². The smallest absolute Gasteiger partial charge is 0.306 e. The van der Waals surface area contributed by atoms with Gasteiger partial charge in [0.05, 0.1) is 13.4 Å². The van der Waals surface area contributed by atoms with Crippen LogP contribution in [-0.2, 0) is 33.3 Å². The van der Waals surface area contributed by atoms with Crippen LogP contribution in [0.1, 0.15) is 84.8 Å². The number of carbonyl (C=O) groups is 3. The molecule has 0 N–H and O–H groups in total. The fourth-order valence-corrected chi connectivity index (χ4v) is 4.13. The van der Waals surface area contributed by atoms with Gasteiger partial charge < -0.3 is 23.7 Å². The first kappa shape index (κ1) is 29.3. The number of unbranched alkanes of at least 4 members (excludes halogenated alkanes) is 3. The number of ether oxygens (including phenoxy) is 5. The molecule has 1 fully saturated rings. The summed E-state index contributed by atoms with van der Waals surface area (Å²) in [6.07, 6.45) is 4.10. The van der Waals surface area contributed by atoms with Crippen LogP contribution < -0.4 is 4.74 Å². The fourth-order valence-electron chi connectivity index (χ4n) is 4.13. The molecule has 3 rings (SSSR count). The number of imidazole rings is 1. The number of hydrogen-bond acceptors (Lipinski definition) is 11. The molecule has 1 aliphatic heterocycles. The topological polar surface area (TPSA) is 141 Å². The SMILES string of the molecule is CCCCC(=O)OC[C@H]1O[C@@H](n2cnc3c(OC)ncnc32)[C@@H](OC(=O)CCCC)[C@@H]1OC(=O)CCCC. The van der Waals surface area contributed by atoms with E-state index in [0.29, 0.717) is 30.4 Å². The summed E-state index contributed by atoms with van der Waals surface area (Å²) in [5, 5.41) is 0. The average molecular weight is 535 g/mol. The first-order valence-electron chi connectivity index (χ1n) is 13.3. The van der Waals surface area contributed by atoms with Crippen molar-refractivity contribution >= 4 is 29.1 Å². The van der Waals surface area contributed by atoms with Crippen LogP contribution in [0.15, 0.2) is 12.7 Å². The summed E-state index contributed by atoms with van der Waals surface area (Å²) >= 11 is 0. The fraction of sp³-hybridized carbons (Fsp3) is 0.692. The van der Waals surface area contributed by atoms with Gasteiger partial charge in [-0.05, 0) is 19.3 Å². The molecule has 3 heterocycles. The zero-order valence-corrected chi connectivity index (χ0v) is 22.6. The molecule has 2 aromatic heterocycles. The van der Waals surface area contributed by atoms with Gasteiger partial charge >= 0.3 is 17.9 Å². The van der Waals surface area contributed by atoms with E-state index in [1.807, 2.05) is 20.8 Å². The normalized spacial score (nSPS) is 20.8. The van der Waals surface area contributed by atoms with Crippen molar-refractivity contribution in [3.63, 3.8) is 0 Å². The third-order valence-electron chi connectivity index (χ3n) is 6.23. The number of rotatable bonds is 15. The standard InChI is InChI=1S/C26H38N4O8/c1-5-8-11-18(31)35-14-17-22(37-19(32)12-9-6-2)23(38-20(33)13-10-7-3)26(36-17)30-16-29-21-24(30)27-15-28-25(21)34-4/h15-17,22-23,26H,5-14H2,1-4H3/t17-,22-,23+,26-/m1/s1. The van der Waals surface area contributed by atoms with Crippen LogP contribution in [0, 0.1) is 0 Å². The third kappa shape index (κ3) is 7.40. The number of aromatic nitrogens is 4. The molecule has 0 spiro atoms. The minimum atomic E-state index is -1.03. The van der Waals surface area contributed by atoms with E-state index in [1.54, 1.807) is 4.57 Å². The monoisotopic (exact) mass is 534 g/mol. The second kappa shape index (κ2) is 14.6. The Hall–Kier alpha value is -3.28. The molecule has 210 valence electrons. The third-order valence-corrected chi connectivity index (χ3v) is 6.23. The van der Waals surface area contributed by atoms with Gasteiger partial charge in [-0.2, -0.15) is 4.98 Å². The van der Waals surface area contributed by atoms with Crippen molar-refractivity contribution in [1.82, 2.24) is 19.5 Å². The Morgan fingerprint density at radius 2 is 1.47 bits per heavy atom. The van der Waals surface area contributed by atoms with Crippen LogP contribution in [0.5, 0.6) is 5.88 Å². The predicted octanol–water partition coefficient (Wildman–Crippen LogP) is 3.67. The van der Waals surface area contributed by atoms with Crippen molar-refractivity contribution < 1.29 is 38.1 Å². The van der Waals surface area contributed by atoms with Gasteiger partial charge in [0, 0.05) is 19.3 Å². The van der Waals surface area contributed by atoms with Gasteiger partial charge in [-0.15, -0.1) is 0 Å². The average Bonchev–Trinajstić information content (AvgIpc) is 3.49. The highest BCUT2D eigenvalue weighted by Crippen LogP contribution is 2.37. The Balaban J connectivity index is 1.95. The molecule has 38 heavy (non-hydrogen) atoms. The summed E-state index contributed by atoms with van der Waals surface area (Å²) in [5.41, 5.74) is 0.772. The molecule has 0 amide bonds. The second-order valence-electron chi connectivity index (χ2n) is 9.17. The minimum Gasteiger partial charge on any atom is -0.479 e. The van der Waals surface area contributed by atoms with Crippen molar-refractivity contribution in [2.75, 3.05) is 13.7 Å². The van der Waals surface area contributed by atoms with Crippen LogP contribution in [-0.4, -0.2) is 69.5 Å². The number of methoxy groups -OCH3 is 1. The van der Waals surface area contributed by atoms with E-state index in [0.717, 1.165) is 19.3 Å². The number of carbonyl (C=O) groups excluding carboxylic acids is 3. The quantitative estimate of drug-likeness (QED) is 0.244. The molecule has 0 bridgehead atoms. The Labute approximate surface area is 222 Å². The van der Waals surface area contributed by atoms with E-state index in [-0.39, 0.29) is 37.7 Å². The molecule has 4 atom stereocenters. The number of hydrogen-bond donors (Lipinski definition) is 0. The lowest BCUT2D eigenvalue weighted by Crippen LogP contribution is -2.41. The number of esters is 3. The molecule has 0 unspecified atom stereocenters. The van der Waals surface area contributed by atoms with E-state index >= 15 is 0 Å². The summed E-state index contributed by atoms with van der Waals surface area (Å²) in [6.45, 7) is 5.76. The van der Waals surface area contributed by atoms with E-state index in [2.05, 4.69) is 15.0 Å². The Morgan fingerprint density at radius 1 is 0.868 bits per heavy atom. The van der Waals surface area contributed by atoms with Crippen LogP contribution >= 0.6 is 0 Å². The molecular formula is C26H38N4O8. The molecule has 0 saturated carbocycles. The van der Waals surface area contributed by atoms with Gasteiger partial charge in [0.25, 0.3) is 0 Å². The summed E-state index contributed by atoms with van der Waals surface area (Å²) in [6, 6.07) is 0. The molecule has 0 aliphatic carbocycles. The summed E-state index contributed by atoms with van der Waals surface area (Å²) in [7, 11) is 1.47. The van der Waals surface area contributed by atoms with Gasteiger partial charge in [-0.25, -0.2) is 9.97 Å². The molecule has 12 heteroatoms. The van der Waals surface area contributed by atoms with Crippen molar-refractivity contribution in [3.05, 3.63) is 12.7 Å². The highest BCUT2D eigenvalue weighted by molar-refractivity contribution is 5.76. The van der Waals surface area contributed by atoms with Crippen LogP contribution in [0.2, 0.25) is 0 Å². The van der Waals surface area contributed by atoms with Gasteiger partial charge in [-0.1, -0.05) is 40.0 Å². The van der Waals surface area contributed by atoms with Gasteiger partial charge in [0.1, 0.15) is 19.0 Å². The van der Waals surface area contributed by atoms with E-state index in [1.165, 1.54) is 19.8 Å². The largest absolute Gasteiger partial charge is 0.479 e. The lowest BCUT2D eigenvalue weighted by molar-refractivity contribution is -0.169. The highest BCUT2D eigenvalue weighted by Gasteiger charge is 2.51. The van der Waals surface area contributed by atoms with E-state index in [4.69, 9.17) is 23.7 Å². The molecule has 0 aromatic carbocycles. The zero-order chi connectivity index (χ0) is 27.5. The maximum absolute atomic E-state index is 12.8. The Morgan fingerprint density at radius 3 is 2.08 bits per heavy atom. The minimum absolute atomic E-state index is 0.168. The van der Waals surface area contributed by atoms with Crippen molar-refractivity contribution in [3.8, 4) is 5.88 Å². The lowest BCUT2D eigenvalue weighted by Gasteiger charge is -2.25. The molecule has 1 saturated heterocycles. The number of fused-ring (bicyclic) bond motifs is 1. The van der Waals surface area contributed by atoms with Crippen molar-refractivity contribution in [2.45, 2.75) is 103 Å². The first-order chi connectivity index (χ1) is 18.4. The van der Waals surface area contributed by atoms with Crippen molar-refractivity contribution in [2.24, 2.45) is 0 Å². The van der Waals surface area contributed by atoms with Crippen LogP contribution in [0.25, 0.3) is 11.2 Å². The van der Waals surface area contributed by atoms with Crippen molar-refractivity contribution in [1.29, 1.82) is 0 Å². The summed E-state index contributed by atoms with van der Waals surface area (Å²) in [4.78, 5) is 50.4. The van der Waals surface area contributed by atoms with Gasteiger partial charge in [-0.3, -0.25) is 19.0 Å². The van der Waals surface area contributed by atoms with Gasteiger partial charge in [0.15, 0.2) is 29.6 Å². The zero-order valence-electron chi connectivity index (χ0n) is 22.6. The maximum Gasteiger partial charge on any atom is 0.306 e. The Kier molecular flexibility index (Phi) is 11.3. The summed E-state index contributed by atoms with van der Waals surface area (Å²) in [5.74, 6) is -1.00. The van der Waals surface area contributed by atoms with Gasteiger partial charge in [0.2, 0.25) is 5.88 Å². The molecule has 1 aliphatic rings. The molecule has 2 aromatic rings. The molecular weight excluding hydrogens is 496 g/mol.